The number of aromatic nitrogens is 2. The number of fused-ring (bicyclic) bond motifs is 1. The molecule has 4 rings (SSSR count). The third kappa shape index (κ3) is 4.46. The van der Waals surface area contributed by atoms with E-state index in [9.17, 15) is 9.59 Å². The molecule has 1 saturated carbocycles. The first-order valence-corrected chi connectivity index (χ1v) is 11.6. The predicted octanol–water partition coefficient (Wildman–Crippen LogP) is 5.54. The van der Waals surface area contributed by atoms with Crippen molar-refractivity contribution >= 4 is 23.3 Å². The van der Waals surface area contributed by atoms with Crippen molar-refractivity contribution in [3.8, 4) is 11.3 Å². The lowest BCUT2D eigenvalue weighted by Crippen LogP contribution is -2.46. The average Bonchev–Trinajstić information content (AvgIpc) is 3.22. The molecule has 160 valence electrons. The lowest BCUT2D eigenvalue weighted by Gasteiger charge is -2.34. The highest BCUT2D eigenvalue weighted by Crippen LogP contribution is 2.31. The second kappa shape index (κ2) is 9.34. The third-order valence-electron chi connectivity index (χ3n) is 6.46. The lowest BCUT2D eigenvalue weighted by molar-refractivity contribution is -0.124. The molecule has 1 aromatic heterocycles. The molecule has 0 bridgehead atoms. The number of Topliss-reactive ketones (excluding diaryl/α,β-unsaturated/α-hetero) is 1. The Bertz CT molecular complexity index is 900. The van der Waals surface area contributed by atoms with Crippen LogP contribution in [0.2, 0.25) is 5.02 Å². The Balaban J connectivity index is 1.58. The molecule has 1 fully saturated rings. The molecule has 2 heterocycles. The first-order valence-electron chi connectivity index (χ1n) is 11.2. The number of carbonyl (C=O) groups is 2. The number of amides is 1. The molecule has 0 N–H and O–H groups in total. The molecule has 6 heteroatoms. The normalized spacial score (nSPS) is 19.7. The molecule has 1 aliphatic heterocycles. The maximum absolute atomic E-state index is 13.2. The van der Waals surface area contributed by atoms with Gasteiger partial charge in [-0.05, 0) is 37.5 Å². The number of hydrogen-bond acceptors (Lipinski definition) is 3. The van der Waals surface area contributed by atoms with Crippen LogP contribution in [-0.4, -0.2) is 39.5 Å². The van der Waals surface area contributed by atoms with E-state index < -0.39 is 0 Å². The minimum absolute atomic E-state index is 0.0837. The molecule has 0 saturated heterocycles. The highest BCUT2D eigenvalue weighted by molar-refractivity contribution is 6.30. The van der Waals surface area contributed by atoms with Crippen molar-refractivity contribution in [2.45, 2.75) is 64.3 Å². The predicted molar refractivity (Wildman–Crippen MR) is 119 cm³/mol. The van der Waals surface area contributed by atoms with E-state index in [1.165, 1.54) is 6.42 Å². The number of nitrogens with zero attached hydrogens (tertiary/aromatic N) is 3. The first kappa shape index (κ1) is 21.1. The lowest BCUT2D eigenvalue weighted by atomic mass is 9.86. The Hall–Kier alpha value is -2.14. The zero-order valence-corrected chi connectivity index (χ0v) is 18.4. The van der Waals surface area contributed by atoms with Crippen molar-refractivity contribution in [1.29, 1.82) is 0 Å². The van der Waals surface area contributed by atoms with Crippen LogP contribution in [0, 0.1) is 5.92 Å². The maximum atomic E-state index is 13.2. The van der Waals surface area contributed by atoms with Crippen LogP contribution in [0.15, 0.2) is 30.3 Å². The van der Waals surface area contributed by atoms with E-state index in [-0.39, 0.29) is 30.2 Å². The SMILES string of the molecule is CCCCC1CN(CC(=O)C2CCCCC2)C(=O)c2cc(-c3ccc(Cl)cc3)nn21. The Morgan fingerprint density at radius 3 is 2.60 bits per heavy atom. The molecular weight excluding hydrogens is 398 g/mol. The van der Waals surface area contributed by atoms with Gasteiger partial charge in [0.05, 0.1) is 18.3 Å². The Labute approximate surface area is 183 Å². The number of ketones is 1. The van der Waals surface area contributed by atoms with E-state index in [0.717, 1.165) is 56.2 Å². The quantitative estimate of drug-likeness (QED) is 0.582. The fourth-order valence-electron chi connectivity index (χ4n) is 4.70. The molecule has 1 aromatic carbocycles. The van der Waals surface area contributed by atoms with Crippen LogP contribution in [0.25, 0.3) is 11.3 Å². The highest BCUT2D eigenvalue weighted by Gasteiger charge is 2.35. The van der Waals surface area contributed by atoms with Gasteiger partial charge in [-0.15, -0.1) is 0 Å². The molecule has 5 nitrogen and oxygen atoms in total. The summed E-state index contributed by atoms with van der Waals surface area (Å²) in [5.41, 5.74) is 2.30. The van der Waals surface area contributed by atoms with Crippen LogP contribution >= 0.6 is 11.6 Å². The summed E-state index contributed by atoms with van der Waals surface area (Å²) in [7, 11) is 0. The summed E-state index contributed by atoms with van der Waals surface area (Å²) in [5, 5.41) is 5.45. The zero-order valence-electron chi connectivity index (χ0n) is 17.6. The summed E-state index contributed by atoms with van der Waals surface area (Å²) in [6.45, 7) is 2.96. The summed E-state index contributed by atoms with van der Waals surface area (Å²) >= 11 is 6.02. The monoisotopic (exact) mass is 427 g/mol. The molecule has 2 aliphatic rings. The van der Waals surface area contributed by atoms with Crippen molar-refractivity contribution in [3.63, 3.8) is 0 Å². The summed E-state index contributed by atoms with van der Waals surface area (Å²) in [6.07, 6.45) is 8.52. The van der Waals surface area contributed by atoms with Gasteiger partial charge in [0.2, 0.25) is 0 Å². The van der Waals surface area contributed by atoms with Gasteiger partial charge in [-0.25, -0.2) is 0 Å². The fraction of sp³-hybridized carbons (Fsp3) is 0.542. The van der Waals surface area contributed by atoms with Crippen molar-refractivity contribution in [1.82, 2.24) is 14.7 Å². The molecule has 1 unspecified atom stereocenters. The van der Waals surface area contributed by atoms with E-state index >= 15 is 0 Å². The van der Waals surface area contributed by atoms with E-state index in [2.05, 4.69) is 6.92 Å². The Morgan fingerprint density at radius 1 is 1.17 bits per heavy atom. The van der Waals surface area contributed by atoms with Gasteiger partial charge >= 0.3 is 0 Å². The number of halogens is 1. The molecule has 30 heavy (non-hydrogen) atoms. The van der Waals surface area contributed by atoms with Gasteiger partial charge in [0.1, 0.15) is 5.69 Å². The molecule has 0 spiro atoms. The van der Waals surface area contributed by atoms with E-state index in [4.69, 9.17) is 16.7 Å². The van der Waals surface area contributed by atoms with Gasteiger partial charge in [0.15, 0.2) is 5.78 Å². The van der Waals surface area contributed by atoms with Crippen LogP contribution in [0.3, 0.4) is 0 Å². The summed E-state index contributed by atoms with van der Waals surface area (Å²) in [4.78, 5) is 27.9. The molecular formula is C24H30ClN3O2. The van der Waals surface area contributed by atoms with Crippen molar-refractivity contribution in [2.75, 3.05) is 13.1 Å². The van der Waals surface area contributed by atoms with Crippen molar-refractivity contribution in [2.24, 2.45) is 5.92 Å². The van der Waals surface area contributed by atoms with Crippen molar-refractivity contribution in [3.05, 3.63) is 41.0 Å². The van der Waals surface area contributed by atoms with E-state index in [0.29, 0.717) is 17.3 Å². The fourth-order valence-corrected chi connectivity index (χ4v) is 4.83. The molecule has 1 amide bonds. The molecule has 1 aliphatic carbocycles. The standard InChI is InChI=1S/C24H30ClN3O2/c1-2-3-9-20-15-27(16-23(29)18-7-5-4-6-8-18)24(30)22-14-21(26-28(20)22)17-10-12-19(25)13-11-17/h10-14,18,20H,2-9,15-16H2,1H3. The van der Waals surface area contributed by atoms with Gasteiger partial charge in [-0.1, -0.05) is 62.8 Å². The number of unbranched alkanes of at least 4 members (excludes halogenated alkanes) is 1. The summed E-state index contributed by atoms with van der Waals surface area (Å²) in [5.74, 6) is 0.264. The van der Waals surface area contributed by atoms with E-state index in [1.54, 1.807) is 4.90 Å². The minimum Gasteiger partial charge on any atom is -0.328 e. The third-order valence-corrected chi connectivity index (χ3v) is 6.71. The second-order valence-corrected chi connectivity index (χ2v) is 9.09. The largest absolute Gasteiger partial charge is 0.328 e. The van der Waals surface area contributed by atoms with Crippen molar-refractivity contribution < 1.29 is 9.59 Å². The van der Waals surface area contributed by atoms with E-state index in [1.807, 2.05) is 35.0 Å². The topological polar surface area (TPSA) is 55.2 Å². The Morgan fingerprint density at radius 2 is 1.90 bits per heavy atom. The summed E-state index contributed by atoms with van der Waals surface area (Å²) < 4.78 is 1.89. The van der Waals surface area contributed by atoms with Crippen LogP contribution in [0.4, 0.5) is 0 Å². The van der Waals surface area contributed by atoms with Gasteiger partial charge in [-0.2, -0.15) is 5.10 Å². The second-order valence-electron chi connectivity index (χ2n) is 8.65. The molecule has 0 radical (unpaired) electrons. The number of carbonyl (C=O) groups excluding carboxylic acids is 2. The number of benzene rings is 1. The van der Waals surface area contributed by atoms with Gasteiger partial charge in [0.25, 0.3) is 5.91 Å². The summed E-state index contributed by atoms with van der Waals surface area (Å²) in [6, 6.07) is 9.49. The van der Waals surface area contributed by atoms with Gasteiger partial charge < -0.3 is 4.90 Å². The zero-order chi connectivity index (χ0) is 21.1. The Kier molecular flexibility index (Phi) is 6.57. The van der Waals surface area contributed by atoms with Gasteiger partial charge in [0, 0.05) is 23.0 Å². The first-order chi connectivity index (χ1) is 14.6. The molecule has 1 atom stereocenters. The molecule has 2 aromatic rings. The van der Waals surface area contributed by atoms with Crippen LogP contribution in [0.1, 0.15) is 74.8 Å². The van der Waals surface area contributed by atoms with Crippen LogP contribution in [-0.2, 0) is 4.79 Å². The maximum Gasteiger partial charge on any atom is 0.272 e. The minimum atomic E-state index is -0.0837. The van der Waals surface area contributed by atoms with Crippen LogP contribution in [0.5, 0.6) is 0 Å². The number of hydrogen-bond donors (Lipinski definition) is 0. The highest BCUT2D eigenvalue weighted by atomic mass is 35.5. The van der Waals surface area contributed by atoms with Gasteiger partial charge in [-0.3, -0.25) is 14.3 Å². The van der Waals surface area contributed by atoms with Crippen LogP contribution < -0.4 is 0 Å². The smallest absolute Gasteiger partial charge is 0.272 e. The average molecular weight is 428 g/mol. The number of rotatable bonds is 7.